The molecular formula is C17H26N2O2. The smallest absolute Gasteiger partial charge is 0.227 e. The van der Waals surface area contributed by atoms with Gasteiger partial charge in [0.2, 0.25) is 5.91 Å². The van der Waals surface area contributed by atoms with Crippen LogP contribution in [-0.2, 0) is 11.3 Å². The van der Waals surface area contributed by atoms with E-state index < -0.39 is 0 Å². The van der Waals surface area contributed by atoms with E-state index in [0.717, 1.165) is 37.0 Å². The second-order valence-corrected chi connectivity index (χ2v) is 5.83. The van der Waals surface area contributed by atoms with E-state index in [1.54, 1.807) is 4.90 Å². The summed E-state index contributed by atoms with van der Waals surface area (Å²) < 4.78 is 5.43. The van der Waals surface area contributed by atoms with E-state index >= 15 is 0 Å². The van der Waals surface area contributed by atoms with Gasteiger partial charge in [0.1, 0.15) is 5.75 Å². The zero-order valence-electron chi connectivity index (χ0n) is 13.0. The zero-order chi connectivity index (χ0) is 15.2. The Morgan fingerprint density at radius 2 is 1.95 bits per heavy atom. The van der Waals surface area contributed by atoms with Gasteiger partial charge < -0.3 is 15.4 Å². The van der Waals surface area contributed by atoms with Crippen LogP contribution in [-0.4, -0.2) is 30.5 Å². The topological polar surface area (TPSA) is 55.6 Å². The van der Waals surface area contributed by atoms with Crippen molar-refractivity contribution in [2.45, 2.75) is 45.2 Å². The first-order valence-electron chi connectivity index (χ1n) is 7.84. The van der Waals surface area contributed by atoms with Crippen molar-refractivity contribution in [2.75, 3.05) is 13.7 Å². The molecule has 1 aliphatic carbocycles. The maximum atomic E-state index is 12.5. The van der Waals surface area contributed by atoms with Gasteiger partial charge in [0.05, 0.1) is 12.5 Å². The molecule has 1 amide bonds. The predicted octanol–water partition coefficient (Wildman–Crippen LogP) is 2.56. The lowest BCUT2D eigenvalue weighted by atomic mass is 9.84. The summed E-state index contributed by atoms with van der Waals surface area (Å²) >= 11 is 0. The van der Waals surface area contributed by atoms with Crippen molar-refractivity contribution in [1.82, 2.24) is 4.90 Å². The molecule has 1 aliphatic rings. The van der Waals surface area contributed by atoms with Gasteiger partial charge >= 0.3 is 0 Å². The van der Waals surface area contributed by atoms with Crippen LogP contribution >= 0.6 is 0 Å². The number of ether oxygens (including phenoxy) is 1. The molecule has 2 unspecified atom stereocenters. The molecule has 0 radical (unpaired) electrons. The maximum Gasteiger partial charge on any atom is 0.227 e. The van der Waals surface area contributed by atoms with Gasteiger partial charge in [-0.2, -0.15) is 0 Å². The second-order valence-electron chi connectivity index (χ2n) is 5.83. The molecule has 0 bridgehead atoms. The molecular weight excluding hydrogens is 264 g/mol. The van der Waals surface area contributed by atoms with Gasteiger partial charge in [-0.25, -0.2) is 0 Å². The highest BCUT2D eigenvalue weighted by atomic mass is 16.5. The highest BCUT2D eigenvalue weighted by Gasteiger charge is 2.30. The number of carbonyl (C=O) groups is 1. The molecule has 2 rings (SSSR count). The van der Waals surface area contributed by atoms with Crippen LogP contribution in [0.5, 0.6) is 5.75 Å². The van der Waals surface area contributed by atoms with Crippen LogP contribution in [0.25, 0.3) is 0 Å². The van der Waals surface area contributed by atoms with E-state index in [4.69, 9.17) is 10.5 Å². The van der Waals surface area contributed by atoms with Crippen LogP contribution in [0, 0.1) is 5.92 Å². The molecule has 21 heavy (non-hydrogen) atoms. The third-order valence-electron chi connectivity index (χ3n) is 4.17. The van der Waals surface area contributed by atoms with E-state index in [1.165, 1.54) is 0 Å². The van der Waals surface area contributed by atoms with Gasteiger partial charge in [-0.05, 0) is 37.5 Å². The molecule has 0 saturated heterocycles. The molecule has 1 fully saturated rings. The molecule has 1 aromatic rings. The van der Waals surface area contributed by atoms with E-state index in [9.17, 15) is 4.79 Å². The Balaban J connectivity index is 1.93. The van der Waals surface area contributed by atoms with E-state index in [0.29, 0.717) is 13.2 Å². The zero-order valence-corrected chi connectivity index (χ0v) is 13.0. The standard InChI is InChI=1S/C17H26N2O2/c1-3-21-14-10-8-13(9-11-14)12-19(2)17(20)15-6-4-5-7-16(15)18/h8-11,15-16H,3-7,12,18H2,1-2H3. The van der Waals surface area contributed by atoms with E-state index in [2.05, 4.69) is 0 Å². The Morgan fingerprint density at radius 3 is 2.57 bits per heavy atom. The summed E-state index contributed by atoms with van der Waals surface area (Å²) in [6, 6.07) is 7.94. The van der Waals surface area contributed by atoms with E-state index in [-0.39, 0.29) is 17.9 Å². The number of rotatable bonds is 5. The second kappa shape index (κ2) is 7.46. The molecule has 116 valence electrons. The molecule has 0 aromatic heterocycles. The number of hydrogen-bond donors (Lipinski definition) is 1. The van der Waals surface area contributed by atoms with Gasteiger partial charge in [0.25, 0.3) is 0 Å². The summed E-state index contributed by atoms with van der Waals surface area (Å²) in [6.07, 6.45) is 4.15. The summed E-state index contributed by atoms with van der Waals surface area (Å²) in [4.78, 5) is 14.3. The van der Waals surface area contributed by atoms with Gasteiger partial charge in [0.15, 0.2) is 0 Å². The van der Waals surface area contributed by atoms with Crippen LogP contribution in [0.4, 0.5) is 0 Å². The number of carbonyl (C=O) groups excluding carboxylic acids is 1. The van der Waals surface area contributed by atoms with Gasteiger partial charge in [0, 0.05) is 19.6 Å². The van der Waals surface area contributed by atoms with Gasteiger partial charge in [-0.1, -0.05) is 25.0 Å². The van der Waals surface area contributed by atoms with Crippen LogP contribution in [0.2, 0.25) is 0 Å². The Kier molecular flexibility index (Phi) is 5.62. The number of amides is 1. The van der Waals surface area contributed by atoms with E-state index in [1.807, 2.05) is 38.2 Å². The van der Waals surface area contributed by atoms with Crippen molar-refractivity contribution in [3.05, 3.63) is 29.8 Å². The average molecular weight is 290 g/mol. The summed E-state index contributed by atoms with van der Waals surface area (Å²) in [7, 11) is 1.86. The Morgan fingerprint density at radius 1 is 1.29 bits per heavy atom. The molecule has 1 aromatic carbocycles. The molecule has 0 aliphatic heterocycles. The third-order valence-corrected chi connectivity index (χ3v) is 4.17. The number of benzene rings is 1. The molecule has 4 heteroatoms. The minimum absolute atomic E-state index is 0.00792. The minimum atomic E-state index is -0.00792. The lowest BCUT2D eigenvalue weighted by Gasteiger charge is -2.31. The Hall–Kier alpha value is -1.55. The molecule has 0 spiro atoms. The predicted molar refractivity (Wildman–Crippen MR) is 84.0 cm³/mol. The van der Waals surface area contributed by atoms with Crippen molar-refractivity contribution in [2.24, 2.45) is 11.7 Å². The monoisotopic (exact) mass is 290 g/mol. The first-order chi connectivity index (χ1) is 10.1. The summed E-state index contributed by atoms with van der Waals surface area (Å²) in [5.41, 5.74) is 7.21. The highest BCUT2D eigenvalue weighted by Crippen LogP contribution is 2.25. The fourth-order valence-electron chi connectivity index (χ4n) is 2.96. The summed E-state index contributed by atoms with van der Waals surface area (Å²) in [5, 5.41) is 0. The van der Waals surface area contributed by atoms with Crippen molar-refractivity contribution >= 4 is 5.91 Å². The SMILES string of the molecule is CCOc1ccc(CN(C)C(=O)C2CCCCC2N)cc1. The van der Waals surface area contributed by atoms with Gasteiger partial charge in [-0.15, -0.1) is 0 Å². The Labute approximate surface area is 127 Å². The van der Waals surface area contributed by atoms with Crippen molar-refractivity contribution in [3.63, 3.8) is 0 Å². The van der Waals surface area contributed by atoms with Crippen molar-refractivity contribution in [1.29, 1.82) is 0 Å². The number of hydrogen-bond acceptors (Lipinski definition) is 3. The first-order valence-corrected chi connectivity index (χ1v) is 7.84. The van der Waals surface area contributed by atoms with Gasteiger partial charge in [-0.3, -0.25) is 4.79 Å². The minimum Gasteiger partial charge on any atom is -0.494 e. The van der Waals surface area contributed by atoms with Crippen molar-refractivity contribution in [3.8, 4) is 5.75 Å². The summed E-state index contributed by atoms with van der Waals surface area (Å²) in [6.45, 7) is 3.25. The van der Waals surface area contributed by atoms with Crippen molar-refractivity contribution < 1.29 is 9.53 Å². The maximum absolute atomic E-state index is 12.5. The van der Waals surface area contributed by atoms with Crippen LogP contribution in [0.1, 0.15) is 38.2 Å². The van der Waals surface area contributed by atoms with Crippen LogP contribution in [0.3, 0.4) is 0 Å². The molecule has 2 N–H and O–H groups in total. The molecule has 4 nitrogen and oxygen atoms in total. The van der Waals surface area contributed by atoms with Crippen LogP contribution < -0.4 is 10.5 Å². The quantitative estimate of drug-likeness (QED) is 0.906. The lowest BCUT2D eigenvalue weighted by molar-refractivity contribution is -0.136. The summed E-state index contributed by atoms with van der Waals surface area (Å²) in [5.74, 6) is 1.03. The Bertz CT molecular complexity index is 458. The highest BCUT2D eigenvalue weighted by molar-refractivity contribution is 5.79. The van der Waals surface area contributed by atoms with Crippen LogP contribution in [0.15, 0.2) is 24.3 Å². The first kappa shape index (κ1) is 15.8. The lowest BCUT2D eigenvalue weighted by Crippen LogP contribution is -2.44. The number of nitrogens with zero attached hydrogens (tertiary/aromatic N) is 1. The fraction of sp³-hybridized carbons (Fsp3) is 0.588. The fourth-order valence-corrected chi connectivity index (χ4v) is 2.96. The molecule has 2 atom stereocenters. The number of nitrogens with two attached hydrogens (primary N) is 1. The largest absolute Gasteiger partial charge is 0.494 e. The molecule has 1 saturated carbocycles. The third kappa shape index (κ3) is 4.21. The average Bonchev–Trinajstić information content (AvgIpc) is 2.49. The normalized spacial score (nSPS) is 21.9. The molecule has 0 heterocycles.